The van der Waals surface area contributed by atoms with Crippen molar-refractivity contribution in [1.29, 1.82) is 0 Å². The zero-order valence-electron chi connectivity index (χ0n) is 11.9. The zero-order chi connectivity index (χ0) is 15.8. The predicted octanol–water partition coefficient (Wildman–Crippen LogP) is 5.26. The molecule has 0 unspecified atom stereocenters. The second-order valence-electron chi connectivity index (χ2n) is 5.14. The van der Waals surface area contributed by atoms with Crippen molar-refractivity contribution in [3.8, 4) is 5.75 Å². The van der Waals surface area contributed by atoms with Crippen molar-refractivity contribution < 1.29 is 17.9 Å². The molecule has 2 aromatic rings. The number of nitrogens with zero attached hydrogens (tertiary/aromatic N) is 1. The molecular formula is C15H15ClF3NO. The molecule has 0 bridgehead atoms. The maximum absolute atomic E-state index is 12.3. The number of ether oxygens (including phenoxy) is 1. The summed E-state index contributed by atoms with van der Waals surface area (Å²) < 4.78 is 41.7. The van der Waals surface area contributed by atoms with E-state index < -0.39 is 12.8 Å². The van der Waals surface area contributed by atoms with Gasteiger partial charge in [0, 0.05) is 11.1 Å². The molecule has 0 N–H and O–H groups in total. The van der Waals surface area contributed by atoms with Gasteiger partial charge in [-0.2, -0.15) is 13.2 Å². The number of hydrogen-bond acceptors (Lipinski definition) is 2. The Balaban J connectivity index is 2.56. The zero-order valence-corrected chi connectivity index (χ0v) is 12.6. The van der Waals surface area contributed by atoms with Gasteiger partial charge >= 0.3 is 6.18 Å². The molecule has 0 spiro atoms. The number of rotatable bonds is 3. The van der Waals surface area contributed by atoms with Crippen molar-refractivity contribution in [1.82, 2.24) is 4.98 Å². The Morgan fingerprint density at radius 3 is 2.52 bits per heavy atom. The molecule has 6 heteroatoms. The van der Waals surface area contributed by atoms with Gasteiger partial charge in [-0.1, -0.05) is 37.6 Å². The lowest BCUT2D eigenvalue weighted by atomic mass is 9.99. The Labute approximate surface area is 125 Å². The fourth-order valence-corrected chi connectivity index (χ4v) is 2.80. The molecule has 1 aromatic heterocycles. The number of benzene rings is 1. The summed E-state index contributed by atoms with van der Waals surface area (Å²) >= 11 is 6.39. The van der Waals surface area contributed by atoms with E-state index in [1.807, 2.05) is 13.8 Å². The summed E-state index contributed by atoms with van der Waals surface area (Å²) in [5, 5.41) is 1.12. The van der Waals surface area contributed by atoms with Crippen LogP contribution in [0.5, 0.6) is 5.75 Å². The van der Waals surface area contributed by atoms with Crippen LogP contribution in [-0.4, -0.2) is 17.8 Å². The van der Waals surface area contributed by atoms with Crippen molar-refractivity contribution >= 4 is 22.5 Å². The molecule has 0 fully saturated rings. The number of aryl methyl sites for hydroxylation is 1. The molecule has 114 valence electrons. The topological polar surface area (TPSA) is 22.1 Å². The predicted molar refractivity (Wildman–Crippen MR) is 77.1 cm³/mol. The van der Waals surface area contributed by atoms with E-state index in [-0.39, 0.29) is 11.7 Å². The Morgan fingerprint density at radius 2 is 1.95 bits per heavy atom. The highest BCUT2D eigenvalue weighted by Crippen LogP contribution is 2.36. The average Bonchev–Trinajstić information content (AvgIpc) is 2.35. The van der Waals surface area contributed by atoms with E-state index in [0.29, 0.717) is 21.6 Å². The third-order valence-corrected chi connectivity index (χ3v) is 3.52. The maximum Gasteiger partial charge on any atom is 0.422 e. The summed E-state index contributed by atoms with van der Waals surface area (Å²) in [5.74, 6) is 0.263. The number of para-hydroxylation sites is 1. The normalized spacial score (nSPS) is 12.2. The van der Waals surface area contributed by atoms with Gasteiger partial charge < -0.3 is 4.74 Å². The Hall–Kier alpha value is -1.49. The molecule has 0 aliphatic rings. The quantitative estimate of drug-likeness (QED) is 0.770. The van der Waals surface area contributed by atoms with Gasteiger partial charge in [0.15, 0.2) is 6.61 Å². The van der Waals surface area contributed by atoms with Crippen LogP contribution in [0.3, 0.4) is 0 Å². The van der Waals surface area contributed by atoms with Crippen LogP contribution in [0.1, 0.15) is 31.0 Å². The van der Waals surface area contributed by atoms with Crippen LogP contribution in [-0.2, 0) is 0 Å². The molecule has 1 aromatic carbocycles. The smallest absolute Gasteiger partial charge is 0.422 e. The van der Waals surface area contributed by atoms with Crippen LogP contribution in [0.15, 0.2) is 18.2 Å². The number of aromatic nitrogens is 1. The summed E-state index contributed by atoms with van der Waals surface area (Å²) in [5.41, 5.74) is 1.95. The SMILES string of the molecule is Cc1nc2c(OCC(F)(F)F)cccc2c(Cl)c1C(C)C. The van der Waals surface area contributed by atoms with Crippen LogP contribution >= 0.6 is 11.6 Å². The van der Waals surface area contributed by atoms with Crippen molar-refractivity contribution in [2.45, 2.75) is 32.9 Å². The van der Waals surface area contributed by atoms with E-state index in [0.717, 1.165) is 5.56 Å². The van der Waals surface area contributed by atoms with Crippen LogP contribution in [0.4, 0.5) is 13.2 Å². The Bertz CT molecular complexity index is 668. The molecule has 21 heavy (non-hydrogen) atoms. The van der Waals surface area contributed by atoms with E-state index in [1.54, 1.807) is 19.1 Å². The molecule has 0 saturated carbocycles. The lowest BCUT2D eigenvalue weighted by molar-refractivity contribution is -0.153. The summed E-state index contributed by atoms with van der Waals surface area (Å²) in [6.07, 6.45) is -4.39. The van der Waals surface area contributed by atoms with Gasteiger partial charge in [-0.05, 0) is 24.5 Å². The van der Waals surface area contributed by atoms with E-state index in [1.165, 1.54) is 6.07 Å². The van der Waals surface area contributed by atoms with E-state index >= 15 is 0 Å². The van der Waals surface area contributed by atoms with Gasteiger partial charge in [0.05, 0.1) is 5.02 Å². The summed E-state index contributed by atoms with van der Waals surface area (Å²) in [6.45, 7) is 4.43. The second kappa shape index (κ2) is 5.72. The minimum atomic E-state index is -4.39. The lowest BCUT2D eigenvalue weighted by Gasteiger charge is -2.16. The highest BCUT2D eigenvalue weighted by molar-refractivity contribution is 6.36. The molecule has 0 saturated heterocycles. The molecule has 2 rings (SSSR count). The summed E-state index contributed by atoms with van der Waals surface area (Å²) in [6, 6.07) is 4.81. The molecule has 1 heterocycles. The largest absolute Gasteiger partial charge is 0.482 e. The van der Waals surface area contributed by atoms with Gasteiger partial charge in [0.1, 0.15) is 11.3 Å². The number of pyridine rings is 1. The van der Waals surface area contributed by atoms with Gasteiger partial charge in [-0.3, -0.25) is 0 Å². The molecule has 0 radical (unpaired) electrons. The summed E-state index contributed by atoms with van der Waals surface area (Å²) in [4.78, 5) is 4.38. The van der Waals surface area contributed by atoms with Gasteiger partial charge in [-0.15, -0.1) is 0 Å². The van der Waals surface area contributed by atoms with Crippen LogP contribution < -0.4 is 4.74 Å². The van der Waals surface area contributed by atoms with Crippen molar-refractivity contribution in [2.24, 2.45) is 0 Å². The Morgan fingerprint density at radius 1 is 1.29 bits per heavy atom. The second-order valence-corrected chi connectivity index (χ2v) is 5.51. The fourth-order valence-electron chi connectivity index (χ4n) is 2.29. The van der Waals surface area contributed by atoms with Gasteiger partial charge in [0.2, 0.25) is 0 Å². The highest BCUT2D eigenvalue weighted by Gasteiger charge is 2.29. The molecule has 0 amide bonds. The molecular weight excluding hydrogens is 303 g/mol. The first-order valence-corrected chi connectivity index (χ1v) is 6.86. The maximum atomic E-state index is 12.3. The first-order valence-electron chi connectivity index (χ1n) is 6.49. The van der Waals surface area contributed by atoms with E-state index in [2.05, 4.69) is 4.98 Å². The van der Waals surface area contributed by atoms with E-state index in [4.69, 9.17) is 16.3 Å². The van der Waals surface area contributed by atoms with Gasteiger partial charge in [0.25, 0.3) is 0 Å². The molecule has 0 aliphatic heterocycles. The Kier molecular flexibility index (Phi) is 4.33. The minimum absolute atomic E-state index is 0.0881. The first-order chi connectivity index (χ1) is 9.70. The molecule has 0 atom stereocenters. The standard InChI is InChI=1S/C15H15ClF3NO/c1-8(2)12-9(3)20-14-10(13(12)16)5-4-6-11(14)21-7-15(17,18)19/h4-6,8H,7H2,1-3H3. The molecule has 2 nitrogen and oxygen atoms in total. The average molecular weight is 318 g/mol. The van der Waals surface area contributed by atoms with E-state index in [9.17, 15) is 13.2 Å². The van der Waals surface area contributed by atoms with Crippen molar-refractivity contribution in [3.05, 3.63) is 34.5 Å². The third kappa shape index (κ3) is 3.40. The number of halogens is 4. The monoisotopic (exact) mass is 317 g/mol. The summed E-state index contributed by atoms with van der Waals surface area (Å²) in [7, 11) is 0. The van der Waals surface area contributed by atoms with Crippen molar-refractivity contribution in [3.63, 3.8) is 0 Å². The number of alkyl halides is 3. The van der Waals surface area contributed by atoms with Crippen LogP contribution in [0.25, 0.3) is 10.9 Å². The third-order valence-electron chi connectivity index (χ3n) is 3.11. The van der Waals surface area contributed by atoms with Crippen molar-refractivity contribution in [2.75, 3.05) is 6.61 Å². The number of hydrogen-bond donors (Lipinski definition) is 0. The highest BCUT2D eigenvalue weighted by atomic mass is 35.5. The molecule has 0 aliphatic carbocycles. The minimum Gasteiger partial charge on any atom is -0.482 e. The fraction of sp³-hybridized carbons (Fsp3) is 0.400. The van der Waals surface area contributed by atoms with Crippen LogP contribution in [0.2, 0.25) is 5.02 Å². The first kappa shape index (κ1) is 15.9. The lowest BCUT2D eigenvalue weighted by Crippen LogP contribution is -2.19. The van der Waals surface area contributed by atoms with Gasteiger partial charge in [-0.25, -0.2) is 4.98 Å². The van der Waals surface area contributed by atoms with Crippen LogP contribution in [0, 0.1) is 6.92 Å². The number of fused-ring (bicyclic) bond motifs is 1.